The first kappa shape index (κ1) is 22.1. The third kappa shape index (κ3) is 6.74. The number of hydrogen-bond acceptors (Lipinski definition) is 5. The van der Waals surface area contributed by atoms with Crippen LogP contribution in [0, 0.1) is 0 Å². The van der Waals surface area contributed by atoms with Crippen LogP contribution < -0.4 is 20.3 Å². The van der Waals surface area contributed by atoms with Gasteiger partial charge in [0.25, 0.3) is 0 Å². The molecule has 2 N–H and O–H groups in total. The molecule has 0 saturated carbocycles. The summed E-state index contributed by atoms with van der Waals surface area (Å²) in [4.78, 5) is 36.6. The van der Waals surface area contributed by atoms with Gasteiger partial charge >= 0.3 is 12.1 Å². The first-order valence-electron chi connectivity index (χ1n) is 10.1. The maximum absolute atomic E-state index is 12.0. The fraction of sp³-hybridized carbons (Fsp3) is 0.348. The summed E-state index contributed by atoms with van der Waals surface area (Å²) in [6.45, 7) is 6.52. The van der Waals surface area contributed by atoms with Crippen molar-refractivity contribution in [3.05, 3.63) is 59.7 Å². The minimum atomic E-state index is -0.530. The summed E-state index contributed by atoms with van der Waals surface area (Å²) in [5.74, 6) is 0.358. The van der Waals surface area contributed by atoms with E-state index in [1.807, 2.05) is 51.1 Å². The SMILES string of the molecule is CC(C)(C)OC(=O)NCc1ccc(COc2cccc(N3CCC(=O)NC3=O)c2)cc1. The monoisotopic (exact) mass is 425 g/mol. The number of benzene rings is 2. The summed E-state index contributed by atoms with van der Waals surface area (Å²) >= 11 is 0. The molecule has 1 aliphatic heterocycles. The predicted octanol–water partition coefficient (Wildman–Crippen LogP) is 3.74. The molecular formula is C23H27N3O5. The lowest BCUT2D eigenvalue weighted by molar-refractivity contribution is -0.120. The smallest absolute Gasteiger partial charge is 0.407 e. The van der Waals surface area contributed by atoms with Crippen LogP contribution in [-0.4, -0.2) is 30.2 Å². The van der Waals surface area contributed by atoms with Crippen LogP contribution >= 0.6 is 0 Å². The topological polar surface area (TPSA) is 97.0 Å². The lowest BCUT2D eigenvalue weighted by Crippen LogP contribution is -2.49. The molecule has 0 aliphatic carbocycles. The molecule has 0 spiro atoms. The summed E-state index contributed by atoms with van der Waals surface area (Å²) in [5, 5.41) is 5.04. The number of anilines is 1. The van der Waals surface area contributed by atoms with E-state index in [4.69, 9.17) is 9.47 Å². The first-order chi connectivity index (χ1) is 14.7. The van der Waals surface area contributed by atoms with Gasteiger partial charge in [-0.05, 0) is 44.0 Å². The van der Waals surface area contributed by atoms with Crippen LogP contribution in [-0.2, 0) is 22.7 Å². The Kier molecular flexibility index (Phi) is 6.79. The van der Waals surface area contributed by atoms with Gasteiger partial charge in [-0.15, -0.1) is 0 Å². The van der Waals surface area contributed by atoms with Crippen LogP contribution in [0.25, 0.3) is 0 Å². The van der Waals surface area contributed by atoms with Crippen molar-refractivity contribution < 1.29 is 23.9 Å². The number of alkyl carbamates (subject to hydrolysis) is 1. The number of amides is 4. The quantitative estimate of drug-likeness (QED) is 0.735. The Morgan fingerprint density at radius 1 is 1.10 bits per heavy atom. The van der Waals surface area contributed by atoms with Crippen molar-refractivity contribution in [1.29, 1.82) is 0 Å². The summed E-state index contributed by atoms with van der Waals surface area (Å²) in [5.41, 5.74) is 2.05. The van der Waals surface area contributed by atoms with Crippen molar-refractivity contribution in [1.82, 2.24) is 10.6 Å². The number of hydrogen-bond donors (Lipinski definition) is 2. The Bertz CT molecular complexity index is 950. The van der Waals surface area contributed by atoms with Gasteiger partial charge in [0.05, 0.1) is 0 Å². The van der Waals surface area contributed by atoms with Gasteiger partial charge in [0, 0.05) is 31.3 Å². The Hall–Kier alpha value is -3.55. The van der Waals surface area contributed by atoms with Gasteiger partial charge in [0.2, 0.25) is 5.91 Å². The second-order valence-corrected chi connectivity index (χ2v) is 8.21. The molecular weight excluding hydrogens is 398 g/mol. The molecule has 3 rings (SSSR count). The van der Waals surface area contributed by atoms with Crippen molar-refractivity contribution in [3.8, 4) is 5.75 Å². The van der Waals surface area contributed by atoms with E-state index >= 15 is 0 Å². The molecule has 8 heteroatoms. The maximum atomic E-state index is 12.0. The minimum absolute atomic E-state index is 0.265. The number of rotatable bonds is 6. The van der Waals surface area contributed by atoms with Crippen molar-refractivity contribution in [2.45, 2.75) is 45.9 Å². The molecule has 0 atom stereocenters. The average Bonchev–Trinajstić information content (AvgIpc) is 2.70. The molecule has 4 amide bonds. The van der Waals surface area contributed by atoms with Gasteiger partial charge in [0.15, 0.2) is 0 Å². The van der Waals surface area contributed by atoms with Crippen LogP contribution in [0.1, 0.15) is 38.3 Å². The highest BCUT2D eigenvalue weighted by Gasteiger charge is 2.24. The predicted molar refractivity (Wildman–Crippen MR) is 116 cm³/mol. The largest absolute Gasteiger partial charge is 0.489 e. The molecule has 1 heterocycles. The number of carbonyl (C=O) groups is 3. The fourth-order valence-electron chi connectivity index (χ4n) is 2.96. The molecule has 0 unspecified atom stereocenters. The Morgan fingerprint density at radius 2 is 1.81 bits per heavy atom. The van der Waals surface area contributed by atoms with Crippen LogP contribution in [0.5, 0.6) is 5.75 Å². The van der Waals surface area contributed by atoms with E-state index in [1.54, 1.807) is 18.2 Å². The zero-order valence-corrected chi connectivity index (χ0v) is 17.9. The number of nitrogens with zero attached hydrogens (tertiary/aromatic N) is 1. The van der Waals surface area contributed by atoms with Crippen LogP contribution in [0.3, 0.4) is 0 Å². The second-order valence-electron chi connectivity index (χ2n) is 8.21. The molecule has 2 aromatic rings. The van der Waals surface area contributed by atoms with Gasteiger partial charge in [-0.1, -0.05) is 30.3 Å². The van der Waals surface area contributed by atoms with E-state index in [1.165, 1.54) is 4.90 Å². The van der Waals surface area contributed by atoms with Crippen LogP contribution in [0.4, 0.5) is 15.3 Å². The molecule has 2 aromatic carbocycles. The molecule has 1 fully saturated rings. The minimum Gasteiger partial charge on any atom is -0.489 e. The number of nitrogens with one attached hydrogen (secondary N) is 2. The molecule has 164 valence electrons. The number of carbonyl (C=O) groups excluding carboxylic acids is 3. The standard InChI is InChI=1S/C23H27N3O5/c1-23(2,3)31-22(29)24-14-16-7-9-17(10-8-16)15-30-19-6-4-5-18(13-19)26-12-11-20(27)25-21(26)28/h4-10,13H,11-12,14-15H2,1-3H3,(H,24,29)(H,25,27,28). The molecule has 0 aromatic heterocycles. The molecule has 1 aliphatic rings. The third-order valence-electron chi connectivity index (χ3n) is 4.45. The van der Waals surface area contributed by atoms with Gasteiger partial charge in [-0.2, -0.15) is 0 Å². The Morgan fingerprint density at radius 3 is 2.48 bits per heavy atom. The number of urea groups is 1. The summed E-state index contributed by atoms with van der Waals surface area (Å²) in [7, 11) is 0. The van der Waals surface area contributed by atoms with Crippen molar-refractivity contribution in [3.63, 3.8) is 0 Å². The lowest BCUT2D eigenvalue weighted by atomic mass is 10.1. The van der Waals surface area contributed by atoms with E-state index < -0.39 is 17.7 Å². The summed E-state index contributed by atoms with van der Waals surface area (Å²) in [6.07, 6.45) is -0.182. The molecule has 31 heavy (non-hydrogen) atoms. The zero-order valence-electron chi connectivity index (χ0n) is 17.9. The fourth-order valence-corrected chi connectivity index (χ4v) is 2.96. The number of imide groups is 1. The van der Waals surface area contributed by atoms with E-state index in [0.29, 0.717) is 31.1 Å². The zero-order chi connectivity index (χ0) is 22.4. The van der Waals surface area contributed by atoms with Gasteiger partial charge in [-0.3, -0.25) is 15.0 Å². The average molecular weight is 425 g/mol. The highest BCUT2D eigenvalue weighted by molar-refractivity contribution is 6.05. The lowest BCUT2D eigenvalue weighted by Gasteiger charge is -2.26. The van der Waals surface area contributed by atoms with Gasteiger partial charge in [-0.25, -0.2) is 9.59 Å². The van der Waals surface area contributed by atoms with Crippen LogP contribution in [0.2, 0.25) is 0 Å². The van der Waals surface area contributed by atoms with E-state index in [-0.39, 0.29) is 12.3 Å². The molecule has 0 radical (unpaired) electrons. The third-order valence-corrected chi connectivity index (χ3v) is 4.45. The van der Waals surface area contributed by atoms with Crippen molar-refractivity contribution in [2.24, 2.45) is 0 Å². The highest BCUT2D eigenvalue weighted by Crippen LogP contribution is 2.23. The second kappa shape index (κ2) is 9.51. The number of ether oxygens (including phenoxy) is 2. The van der Waals surface area contributed by atoms with Crippen molar-refractivity contribution in [2.75, 3.05) is 11.4 Å². The van der Waals surface area contributed by atoms with Gasteiger partial charge in [0.1, 0.15) is 18.0 Å². The highest BCUT2D eigenvalue weighted by atomic mass is 16.6. The van der Waals surface area contributed by atoms with Crippen LogP contribution in [0.15, 0.2) is 48.5 Å². The van der Waals surface area contributed by atoms with Crippen molar-refractivity contribution >= 4 is 23.7 Å². The maximum Gasteiger partial charge on any atom is 0.407 e. The normalized spacial score (nSPS) is 14.1. The summed E-state index contributed by atoms with van der Waals surface area (Å²) < 4.78 is 11.1. The van der Waals surface area contributed by atoms with Gasteiger partial charge < -0.3 is 14.8 Å². The Balaban J connectivity index is 1.52. The molecule has 1 saturated heterocycles. The van der Waals surface area contributed by atoms with E-state index in [2.05, 4.69) is 10.6 Å². The molecule has 8 nitrogen and oxygen atoms in total. The van der Waals surface area contributed by atoms with E-state index in [0.717, 1.165) is 11.1 Å². The van der Waals surface area contributed by atoms with E-state index in [9.17, 15) is 14.4 Å². The molecule has 0 bridgehead atoms. The summed E-state index contributed by atoms with van der Waals surface area (Å²) in [6, 6.07) is 14.5. The first-order valence-corrected chi connectivity index (χ1v) is 10.1. The Labute approximate surface area is 181 Å².